The molecule has 1 N–H and O–H groups in total. The average Bonchev–Trinajstić information content (AvgIpc) is 2.76. The van der Waals surface area contributed by atoms with Crippen molar-refractivity contribution in [2.24, 2.45) is 0 Å². The van der Waals surface area contributed by atoms with Gasteiger partial charge in [-0.2, -0.15) is 0 Å². The Kier molecular flexibility index (Phi) is 7.88. The summed E-state index contributed by atoms with van der Waals surface area (Å²) >= 11 is 6.17. The van der Waals surface area contributed by atoms with Crippen molar-refractivity contribution in [3.05, 3.63) is 92.1 Å². The Balaban J connectivity index is 1.85. The maximum absolute atomic E-state index is 14.2. The van der Waals surface area contributed by atoms with E-state index in [0.29, 0.717) is 11.1 Å². The second-order valence-corrected chi connectivity index (χ2v) is 8.06. The number of carbonyl (C=O) groups excluding carboxylic acids is 1. The molecule has 0 aliphatic rings. The van der Waals surface area contributed by atoms with Crippen molar-refractivity contribution in [3.8, 4) is 11.4 Å². The summed E-state index contributed by atoms with van der Waals surface area (Å²) in [5, 5.41) is 2.15. The van der Waals surface area contributed by atoms with E-state index in [-0.39, 0.29) is 35.7 Å². The number of pyridine rings is 1. The van der Waals surface area contributed by atoms with Crippen LogP contribution in [-0.4, -0.2) is 16.8 Å². The number of amides is 1. The van der Waals surface area contributed by atoms with Gasteiger partial charge in [-0.15, -0.1) is 0 Å². The highest BCUT2D eigenvalue weighted by molar-refractivity contribution is 6.31. The van der Waals surface area contributed by atoms with Gasteiger partial charge in [0.05, 0.1) is 6.10 Å². The van der Waals surface area contributed by atoms with E-state index in [0.717, 1.165) is 16.7 Å². The van der Waals surface area contributed by atoms with Gasteiger partial charge in [0, 0.05) is 18.3 Å². The molecular weight excluding hydrogens is 473 g/mol. The molecule has 3 rings (SSSR count). The maximum atomic E-state index is 14.2. The highest BCUT2D eigenvalue weighted by Gasteiger charge is 2.19. The number of benzene rings is 2. The molecule has 1 amide bonds. The molecule has 1 aromatic heterocycles. The molecule has 10 heteroatoms. The van der Waals surface area contributed by atoms with Gasteiger partial charge in [0.2, 0.25) is 0 Å². The van der Waals surface area contributed by atoms with E-state index in [2.05, 4.69) is 5.32 Å². The summed E-state index contributed by atoms with van der Waals surface area (Å²) in [7, 11) is 0. The van der Waals surface area contributed by atoms with Gasteiger partial charge in [0.25, 0.3) is 5.56 Å². The minimum absolute atomic E-state index is 0.0142. The zero-order valence-corrected chi connectivity index (χ0v) is 19.4. The van der Waals surface area contributed by atoms with E-state index in [1.807, 2.05) is 0 Å². The molecule has 0 unspecified atom stereocenters. The summed E-state index contributed by atoms with van der Waals surface area (Å²) in [6.07, 6.45) is -0.977. The summed E-state index contributed by atoms with van der Waals surface area (Å²) in [5.74, 6) is -2.37. The van der Waals surface area contributed by atoms with E-state index in [4.69, 9.17) is 21.1 Å². The number of nitrogens with one attached hydrogen (secondary N) is 1. The fourth-order valence-electron chi connectivity index (χ4n) is 3.25. The summed E-state index contributed by atoms with van der Waals surface area (Å²) < 4.78 is 53.7. The van der Waals surface area contributed by atoms with Crippen LogP contribution in [0.2, 0.25) is 5.02 Å². The number of ether oxygens (including phenoxy) is 2. The number of nitrogens with zero attached hydrogens (tertiary/aromatic N) is 1. The molecule has 0 bridgehead atoms. The monoisotopic (exact) mass is 494 g/mol. The summed E-state index contributed by atoms with van der Waals surface area (Å²) in [6, 6.07) is 8.55. The number of hydrogen-bond donors (Lipinski definition) is 1. The van der Waals surface area contributed by atoms with E-state index in [1.54, 1.807) is 13.8 Å². The normalized spacial score (nSPS) is 10.9. The molecule has 34 heavy (non-hydrogen) atoms. The second-order valence-electron chi connectivity index (χ2n) is 7.68. The molecule has 0 saturated carbocycles. The van der Waals surface area contributed by atoms with Gasteiger partial charge < -0.3 is 14.8 Å². The smallest absolute Gasteiger partial charge is 0.407 e. The standard InChI is InChI=1S/C24H22ClF3N2O4/c1-13(2)34-24(32)29-11-16-10-17(26)8-7-15(16)12-33-20-9-14(3)30(23(31)21(20)25)22-18(27)5-4-6-19(22)28/h4-10,13H,11-12H2,1-3H3,(H,29,32). The Bertz CT molecular complexity index is 1260. The molecular formula is C24H22ClF3N2O4. The van der Waals surface area contributed by atoms with Crippen molar-refractivity contribution in [3.63, 3.8) is 0 Å². The Hall–Kier alpha value is -3.46. The molecule has 0 saturated heterocycles. The highest BCUT2D eigenvalue weighted by Crippen LogP contribution is 2.27. The lowest BCUT2D eigenvalue weighted by Crippen LogP contribution is -2.27. The zero-order chi connectivity index (χ0) is 25.0. The molecule has 0 radical (unpaired) electrons. The van der Waals surface area contributed by atoms with Gasteiger partial charge in [0.1, 0.15) is 40.5 Å². The summed E-state index contributed by atoms with van der Waals surface area (Å²) in [4.78, 5) is 24.6. The van der Waals surface area contributed by atoms with Crippen LogP contribution in [0.15, 0.2) is 47.3 Å². The lowest BCUT2D eigenvalue weighted by Gasteiger charge is -2.16. The van der Waals surface area contributed by atoms with E-state index in [1.165, 1.54) is 37.3 Å². The zero-order valence-electron chi connectivity index (χ0n) is 18.6. The molecule has 0 atom stereocenters. The Morgan fingerprint density at radius 2 is 1.76 bits per heavy atom. The molecule has 0 aliphatic carbocycles. The summed E-state index contributed by atoms with van der Waals surface area (Å²) in [6.45, 7) is 4.72. The van der Waals surface area contributed by atoms with Crippen molar-refractivity contribution in [2.45, 2.75) is 40.0 Å². The molecule has 0 fully saturated rings. The number of aryl methyl sites for hydroxylation is 1. The van der Waals surface area contributed by atoms with Crippen LogP contribution in [-0.2, 0) is 17.9 Å². The maximum Gasteiger partial charge on any atom is 0.407 e. The van der Waals surface area contributed by atoms with Crippen LogP contribution in [0.1, 0.15) is 30.7 Å². The number of hydrogen-bond acceptors (Lipinski definition) is 4. The van der Waals surface area contributed by atoms with Crippen molar-refractivity contribution in [1.29, 1.82) is 0 Å². The first kappa shape index (κ1) is 25.2. The first-order valence-electron chi connectivity index (χ1n) is 10.3. The fourth-order valence-corrected chi connectivity index (χ4v) is 3.44. The Labute approximate surface area is 198 Å². The van der Waals surface area contributed by atoms with Crippen LogP contribution in [0.5, 0.6) is 5.75 Å². The SMILES string of the molecule is Cc1cc(OCc2ccc(F)cc2CNC(=O)OC(C)C)c(Cl)c(=O)n1-c1c(F)cccc1F. The second kappa shape index (κ2) is 10.6. The van der Waals surface area contributed by atoms with E-state index >= 15 is 0 Å². The third-order valence-electron chi connectivity index (χ3n) is 4.78. The van der Waals surface area contributed by atoms with Crippen LogP contribution < -0.4 is 15.6 Å². The number of halogens is 4. The number of aromatic nitrogens is 1. The highest BCUT2D eigenvalue weighted by atomic mass is 35.5. The van der Waals surface area contributed by atoms with Gasteiger partial charge in [-0.1, -0.05) is 23.7 Å². The molecule has 180 valence electrons. The lowest BCUT2D eigenvalue weighted by atomic mass is 10.1. The topological polar surface area (TPSA) is 69.6 Å². The number of alkyl carbamates (subject to hydrolysis) is 1. The minimum Gasteiger partial charge on any atom is -0.487 e. The predicted octanol–water partition coefficient (Wildman–Crippen LogP) is 5.43. The number of rotatable bonds is 7. The Morgan fingerprint density at radius 3 is 2.41 bits per heavy atom. The van der Waals surface area contributed by atoms with Crippen molar-refractivity contribution in [1.82, 2.24) is 9.88 Å². The average molecular weight is 495 g/mol. The quantitative estimate of drug-likeness (QED) is 0.475. The third kappa shape index (κ3) is 5.72. The molecule has 0 aliphatic heterocycles. The van der Waals surface area contributed by atoms with Crippen LogP contribution in [0.4, 0.5) is 18.0 Å². The molecule has 3 aromatic rings. The van der Waals surface area contributed by atoms with Crippen molar-refractivity contribution < 1.29 is 27.4 Å². The summed E-state index contributed by atoms with van der Waals surface area (Å²) in [5.41, 5.74) is -0.276. The van der Waals surface area contributed by atoms with Crippen LogP contribution in [0.25, 0.3) is 5.69 Å². The molecule has 1 heterocycles. The minimum atomic E-state index is -0.922. The Morgan fingerprint density at radius 1 is 1.09 bits per heavy atom. The van der Waals surface area contributed by atoms with E-state index < -0.39 is 34.8 Å². The third-order valence-corrected chi connectivity index (χ3v) is 5.13. The lowest BCUT2D eigenvalue weighted by molar-refractivity contribution is 0.115. The van der Waals surface area contributed by atoms with Gasteiger partial charge >= 0.3 is 6.09 Å². The van der Waals surface area contributed by atoms with Crippen LogP contribution in [0.3, 0.4) is 0 Å². The van der Waals surface area contributed by atoms with Crippen molar-refractivity contribution in [2.75, 3.05) is 0 Å². The van der Waals surface area contributed by atoms with Gasteiger partial charge in [-0.25, -0.2) is 18.0 Å². The predicted molar refractivity (Wildman–Crippen MR) is 121 cm³/mol. The largest absolute Gasteiger partial charge is 0.487 e. The van der Waals surface area contributed by atoms with Gasteiger partial charge in [0.15, 0.2) is 0 Å². The number of para-hydroxylation sites is 1. The first-order valence-corrected chi connectivity index (χ1v) is 10.7. The fraction of sp³-hybridized carbons (Fsp3) is 0.250. The van der Waals surface area contributed by atoms with Crippen LogP contribution in [0, 0.1) is 24.4 Å². The van der Waals surface area contributed by atoms with Gasteiger partial charge in [-0.05, 0) is 56.2 Å². The van der Waals surface area contributed by atoms with E-state index in [9.17, 15) is 22.8 Å². The number of carbonyl (C=O) groups is 1. The molecule has 2 aromatic carbocycles. The first-order chi connectivity index (χ1) is 16.1. The molecule has 0 spiro atoms. The van der Waals surface area contributed by atoms with Gasteiger partial charge in [-0.3, -0.25) is 9.36 Å². The molecule has 6 nitrogen and oxygen atoms in total. The van der Waals surface area contributed by atoms with Crippen molar-refractivity contribution >= 4 is 17.7 Å². The van der Waals surface area contributed by atoms with Crippen LogP contribution >= 0.6 is 11.6 Å².